The second-order valence-corrected chi connectivity index (χ2v) is 7.06. The number of benzene rings is 1. The van der Waals surface area contributed by atoms with Crippen LogP contribution in [0.5, 0.6) is 0 Å². The first-order valence-electron chi connectivity index (χ1n) is 9.23. The highest BCUT2D eigenvalue weighted by Gasteiger charge is 2.28. The molecule has 0 bridgehead atoms. The van der Waals surface area contributed by atoms with Crippen molar-refractivity contribution in [1.29, 1.82) is 5.26 Å². The number of carbonyl (C=O) groups excluding carboxylic acids is 1. The molecule has 0 N–H and O–H groups in total. The quantitative estimate of drug-likeness (QED) is 0.856. The standard InChI is InChI=1S/C21H22N4O/c22-14-18-5-9-23-15-20(18)24-10-6-16(7-11-24)13-21(26)25-12-8-17-3-1-2-4-19(17)25/h1-5,9,15-16H,6-8,10-13H2. The van der Waals surface area contributed by atoms with E-state index < -0.39 is 0 Å². The Hall–Kier alpha value is -2.87. The maximum Gasteiger partial charge on any atom is 0.227 e. The number of hydrogen-bond donors (Lipinski definition) is 0. The number of nitrogens with zero attached hydrogens (tertiary/aromatic N) is 4. The molecule has 3 heterocycles. The van der Waals surface area contributed by atoms with E-state index >= 15 is 0 Å². The van der Waals surface area contributed by atoms with Crippen molar-refractivity contribution in [1.82, 2.24) is 4.98 Å². The molecule has 1 saturated heterocycles. The van der Waals surface area contributed by atoms with E-state index in [-0.39, 0.29) is 5.91 Å². The number of piperidine rings is 1. The fraction of sp³-hybridized carbons (Fsp3) is 0.381. The molecule has 1 amide bonds. The monoisotopic (exact) mass is 346 g/mol. The number of hydrogen-bond acceptors (Lipinski definition) is 4. The smallest absolute Gasteiger partial charge is 0.227 e. The molecule has 2 aromatic rings. The lowest BCUT2D eigenvalue weighted by Crippen LogP contribution is -2.37. The van der Waals surface area contributed by atoms with Gasteiger partial charge in [-0.25, -0.2) is 0 Å². The van der Waals surface area contributed by atoms with Gasteiger partial charge in [0.05, 0.1) is 17.4 Å². The van der Waals surface area contributed by atoms with Gasteiger partial charge in [-0.2, -0.15) is 5.26 Å². The van der Waals surface area contributed by atoms with E-state index in [1.54, 1.807) is 18.5 Å². The summed E-state index contributed by atoms with van der Waals surface area (Å²) in [5, 5.41) is 9.27. The molecule has 1 aromatic heterocycles. The molecule has 5 heteroatoms. The molecule has 26 heavy (non-hydrogen) atoms. The minimum Gasteiger partial charge on any atom is -0.369 e. The third kappa shape index (κ3) is 3.15. The molecular weight excluding hydrogens is 324 g/mol. The highest BCUT2D eigenvalue weighted by molar-refractivity contribution is 5.95. The molecule has 1 aromatic carbocycles. The molecule has 0 spiro atoms. The van der Waals surface area contributed by atoms with Gasteiger partial charge in [0.2, 0.25) is 5.91 Å². The Labute approximate surface area is 153 Å². The number of carbonyl (C=O) groups is 1. The van der Waals surface area contributed by atoms with Crippen LogP contribution in [-0.2, 0) is 11.2 Å². The number of rotatable bonds is 3. The lowest BCUT2D eigenvalue weighted by atomic mass is 9.92. The molecule has 0 saturated carbocycles. The minimum atomic E-state index is 0.243. The third-order valence-corrected chi connectivity index (χ3v) is 5.53. The largest absolute Gasteiger partial charge is 0.369 e. The first-order chi connectivity index (χ1) is 12.8. The second-order valence-electron chi connectivity index (χ2n) is 7.06. The molecule has 132 valence electrons. The molecule has 5 nitrogen and oxygen atoms in total. The fourth-order valence-electron chi connectivity index (χ4n) is 4.07. The van der Waals surface area contributed by atoms with Crippen molar-refractivity contribution in [2.24, 2.45) is 5.92 Å². The fourth-order valence-corrected chi connectivity index (χ4v) is 4.07. The molecule has 0 unspecified atom stereocenters. The van der Waals surface area contributed by atoms with Gasteiger partial charge >= 0.3 is 0 Å². The van der Waals surface area contributed by atoms with Gasteiger partial charge in [0.25, 0.3) is 0 Å². The van der Waals surface area contributed by atoms with Gasteiger partial charge in [-0.3, -0.25) is 9.78 Å². The Balaban J connectivity index is 1.36. The normalized spacial score (nSPS) is 17.0. The van der Waals surface area contributed by atoms with Crippen LogP contribution in [0.25, 0.3) is 0 Å². The highest BCUT2D eigenvalue weighted by atomic mass is 16.2. The van der Waals surface area contributed by atoms with Gasteiger partial charge in [-0.1, -0.05) is 18.2 Å². The van der Waals surface area contributed by atoms with E-state index in [4.69, 9.17) is 0 Å². The van der Waals surface area contributed by atoms with Crippen molar-refractivity contribution < 1.29 is 4.79 Å². The molecule has 2 aliphatic heterocycles. The molecular formula is C21H22N4O. The van der Waals surface area contributed by atoms with Crippen molar-refractivity contribution in [2.45, 2.75) is 25.7 Å². The molecule has 2 aliphatic rings. The molecule has 1 fully saturated rings. The Morgan fingerprint density at radius 3 is 2.77 bits per heavy atom. The summed E-state index contributed by atoms with van der Waals surface area (Å²) in [6, 6.07) is 12.2. The van der Waals surface area contributed by atoms with Crippen LogP contribution in [0.3, 0.4) is 0 Å². The first-order valence-corrected chi connectivity index (χ1v) is 9.23. The van der Waals surface area contributed by atoms with E-state index in [0.717, 1.165) is 50.3 Å². The van der Waals surface area contributed by atoms with Crippen LogP contribution in [-0.4, -0.2) is 30.5 Å². The number of fused-ring (bicyclic) bond motifs is 1. The van der Waals surface area contributed by atoms with Gasteiger partial charge in [0.1, 0.15) is 6.07 Å². The van der Waals surface area contributed by atoms with Crippen LogP contribution in [0.1, 0.15) is 30.4 Å². The van der Waals surface area contributed by atoms with E-state index in [9.17, 15) is 10.1 Å². The maximum absolute atomic E-state index is 12.8. The van der Waals surface area contributed by atoms with Crippen LogP contribution in [0.4, 0.5) is 11.4 Å². The van der Waals surface area contributed by atoms with Gasteiger partial charge in [-0.15, -0.1) is 0 Å². The zero-order valence-corrected chi connectivity index (χ0v) is 14.8. The summed E-state index contributed by atoms with van der Waals surface area (Å²) in [7, 11) is 0. The Kier molecular flexibility index (Phi) is 4.57. The zero-order valence-electron chi connectivity index (χ0n) is 14.8. The van der Waals surface area contributed by atoms with E-state index in [1.807, 2.05) is 17.0 Å². The lowest BCUT2D eigenvalue weighted by Gasteiger charge is -2.34. The summed E-state index contributed by atoms with van der Waals surface area (Å²) in [5.74, 6) is 0.654. The van der Waals surface area contributed by atoms with Crippen LogP contribution in [0.2, 0.25) is 0 Å². The number of aromatic nitrogens is 1. The SMILES string of the molecule is N#Cc1ccncc1N1CCC(CC(=O)N2CCc3ccccc32)CC1. The minimum absolute atomic E-state index is 0.243. The van der Waals surface area contributed by atoms with Crippen LogP contribution < -0.4 is 9.80 Å². The van der Waals surface area contributed by atoms with Crippen molar-refractivity contribution in [3.8, 4) is 6.07 Å². The van der Waals surface area contributed by atoms with Crippen molar-refractivity contribution in [2.75, 3.05) is 29.4 Å². The summed E-state index contributed by atoms with van der Waals surface area (Å²) >= 11 is 0. The van der Waals surface area contributed by atoms with Gasteiger partial charge in [0, 0.05) is 37.9 Å². The predicted molar refractivity (Wildman–Crippen MR) is 101 cm³/mol. The molecule has 0 radical (unpaired) electrons. The lowest BCUT2D eigenvalue weighted by molar-refractivity contribution is -0.119. The summed E-state index contributed by atoms with van der Waals surface area (Å²) < 4.78 is 0. The number of amides is 1. The van der Waals surface area contributed by atoms with Crippen LogP contribution in [0.15, 0.2) is 42.7 Å². The van der Waals surface area contributed by atoms with Gasteiger partial charge in [-0.05, 0) is 42.9 Å². The van der Waals surface area contributed by atoms with E-state index in [1.165, 1.54) is 5.56 Å². The van der Waals surface area contributed by atoms with E-state index in [2.05, 4.69) is 28.1 Å². The predicted octanol–water partition coefficient (Wildman–Crippen LogP) is 3.15. The zero-order chi connectivity index (χ0) is 17.9. The molecule has 4 rings (SSSR count). The topological polar surface area (TPSA) is 60.2 Å². The number of anilines is 2. The van der Waals surface area contributed by atoms with Crippen molar-refractivity contribution in [3.63, 3.8) is 0 Å². The molecule has 0 aliphatic carbocycles. The number of pyridine rings is 1. The van der Waals surface area contributed by atoms with Crippen molar-refractivity contribution in [3.05, 3.63) is 53.9 Å². The summed E-state index contributed by atoms with van der Waals surface area (Å²) in [4.78, 5) is 21.1. The van der Waals surface area contributed by atoms with Crippen molar-refractivity contribution >= 4 is 17.3 Å². The summed E-state index contributed by atoms with van der Waals surface area (Å²) in [5.41, 5.74) is 3.94. The molecule has 0 atom stereocenters. The van der Waals surface area contributed by atoms with E-state index in [0.29, 0.717) is 17.9 Å². The van der Waals surface area contributed by atoms with Crippen LogP contribution >= 0.6 is 0 Å². The highest BCUT2D eigenvalue weighted by Crippen LogP contribution is 2.31. The van der Waals surface area contributed by atoms with Gasteiger partial charge < -0.3 is 9.80 Å². The second kappa shape index (κ2) is 7.17. The Morgan fingerprint density at radius 1 is 1.15 bits per heavy atom. The first kappa shape index (κ1) is 16.6. The van der Waals surface area contributed by atoms with Gasteiger partial charge in [0.15, 0.2) is 0 Å². The third-order valence-electron chi connectivity index (χ3n) is 5.53. The Bertz CT molecular complexity index is 849. The van der Waals surface area contributed by atoms with Crippen LogP contribution in [0, 0.1) is 17.2 Å². The number of nitriles is 1. The summed E-state index contributed by atoms with van der Waals surface area (Å²) in [6.07, 6.45) is 6.94. The maximum atomic E-state index is 12.8. The average molecular weight is 346 g/mol. The Morgan fingerprint density at radius 2 is 1.96 bits per heavy atom. The summed E-state index contributed by atoms with van der Waals surface area (Å²) in [6.45, 7) is 2.54. The average Bonchev–Trinajstić information content (AvgIpc) is 3.13. The number of para-hydroxylation sites is 1.